The quantitative estimate of drug-likeness (QED) is 0.884. The summed E-state index contributed by atoms with van der Waals surface area (Å²) in [5.74, 6) is 1.63. The van der Waals surface area contributed by atoms with Crippen molar-refractivity contribution < 1.29 is 19.0 Å². The number of hydrogen-bond acceptors (Lipinski definition) is 7. The third-order valence-corrected chi connectivity index (χ3v) is 3.52. The fraction of sp³-hybridized carbons (Fsp3) is 0.235. The van der Waals surface area contributed by atoms with Gasteiger partial charge in [0, 0.05) is 6.07 Å². The van der Waals surface area contributed by atoms with Gasteiger partial charge in [-0.25, -0.2) is 14.8 Å². The summed E-state index contributed by atoms with van der Waals surface area (Å²) in [5.41, 5.74) is 8.04. The molecule has 3 rings (SSSR count). The molecule has 0 saturated heterocycles. The van der Waals surface area contributed by atoms with E-state index < -0.39 is 6.09 Å². The molecule has 0 fully saturated rings. The van der Waals surface area contributed by atoms with E-state index in [1.807, 2.05) is 24.3 Å². The summed E-state index contributed by atoms with van der Waals surface area (Å²) in [4.78, 5) is 20.2. The van der Waals surface area contributed by atoms with E-state index in [9.17, 15) is 4.79 Å². The first-order valence-corrected chi connectivity index (χ1v) is 7.69. The van der Waals surface area contributed by atoms with E-state index in [0.717, 1.165) is 17.0 Å². The lowest BCUT2D eigenvalue weighted by molar-refractivity contribution is 0.168. The number of nitrogens with one attached hydrogen (secondary N) is 1. The lowest BCUT2D eigenvalue weighted by atomic mass is 10.1. The summed E-state index contributed by atoms with van der Waals surface area (Å²) in [6.07, 6.45) is -0.604. The molecule has 3 N–H and O–H groups in total. The van der Waals surface area contributed by atoms with Gasteiger partial charge in [-0.15, -0.1) is 0 Å². The highest BCUT2D eigenvalue weighted by Crippen LogP contribution is 2.37. The number of ether oxygens (including phenoxy) is 3. The zero-order valence-electron chi connectivity index (χ0n) is 13.9. The number of anilines is 2. The van der Waals surface area contributed by atoms with E-state index in [4.69, 9.17) is 19.9 Å². The Kier molecular flexibility index (Phi) is 4.69. The average molecular weight is 342 g/mol. The molecule has 25 heavy (non-hydrogen) atoms. The SMILES string of the molecule is CCOC(=O)Nc1cc2c(c(N)n1)N=C(c1ccc(OC)cc1)CO2. The number of nitrogens with zero attached hydrogens (tertiary/aromatic N) is 2. The maximum atomic E-state index is 11.5. The van der Waals surface area contributed by atoms with Crippen LogP contribution in [0.15, 0.2) is 35.3 Å². The van der Waals surface area contributed by atoms with Gasteiger partial charge >= 0.3 is 6.09 Å². The highest BCUT2D eigenvalue weighted by Gasteiger charge is 2.20. The summed E-state index contributed by atoms with van der Waals surface area (Å²) < 4.78 is 15.7. The number of nitrogen functional groups attached to an aromatic ring is 1. The first kappa shape index (κ1) is 16.6. The molecular weight excluding hydrogens is 324 g/mol. The molecule has 130 valence electrons. The number of methoxy groups -OCH3 is 1. The predicted molar refractivity (Wildman–Crippen MR) is 94.0 cm³/mol. The minimum absolute atomic E-state index is 0.162. The Bertz CT molecular complexity index is 818. The first-order chi connectivity index (χ1) is 12.1. The maximum absolute atomic E-state index is 11.5. The fourth-order valence-electron chi connectivity index (χ4n) is 2.34. The second kappa shape index (κ2) is 7.08. The van der Waals surface area contributed by atoms with Crippen molar-refractivity contribution in [2.45, 2.75) is 6.92 Å². The predicted octanol–water partition coefficient (Wildman–Crippen LogP) is 2.75. The molecule has 0 spiro atoms. The number of amides is 1. The van der Waals surface area contributed by atoms with Crippen molar-refractivity contribution in [3.63, 3.8) is 0 Å². The Hall–Kier alpha value is -3.29. The Morgan fingerprint density at radius 1 is 1.36 bits per heavy atom. The fourth-order valence-corrected chi connectivity index (χ4v) is 2.34. The van der Waals surface area contributed by atoms with Crippen LogP contribution in [-0.4, -0.2) is 37.1 Å². The molecule has 1 aliphatic heterocycles. The van der Waals surface area contributed by atoms with Gasteiger partial charge in [-0.05, 0) is 36.8 Å². The van der Waals surface area contributed by atoms with Crippen LogP contribution in [0.3, 0.4) is 0 Å². The number of carbonyl (C=O) groups is 1. The number of hydrogen-bond donors (Lipinski definition) is 2. The molecule has 0 unspecified atom stereocenters. The molecule has 8 nitrogen and oxygen atoms in total. The van der Waals surface area contributed by atoms with Crippen LogP contribution < -0.4 is 20.5 Å². The van der Waals surface area contributed by atoms with Gasteiger partial charge in [0.05, 0.1) is 19.4 Å². The molecular formula is C17H18N4O4. The Balaban J connectivity index is 1.87. The molecule has 0 bridgehead atoms. The molecule has 8 heteroatoms. The first-order valence-electron chi connectivity index (χ1n) is 7.69. The minimum Gasteiger partial charge on any atom is -0.497 e. The zero-order valence-corrected chi connectivity index (χ0v) is 13.9. The number of nitrogens with two attached hydrogens (primary N) is 1. The maximum Gasteiger partial charge on any atom is 0.412 e. The molecule has 0 atom stereocenters. The third-order valence-electron chi connectivity index (χ3n) is 3.52. The van der Waals surface area contributed by atoms with Gasteiger partial charge in [0.25, 0.3) is 0 Å². The van der Waals surface area contributed by atoms with Crippen molar-refractivity contribution >= 4 is 29.1 Å². The molecule has 2 heterocycles. The van der Waals surface area contributed by atoms with Crippen molar-refractivity contribution in [2.24, 2.45) is 4.99 Å². The number of rotatable bonds is 4. The van der Waals surface area contributed by atoms with E-state index in [-0.39, 0.29) is 24.8 Å². The number of carbonyl (C=O) groups excluding carboxylic acids is 1. The lowest BCUT2D eigenvalue weighted by Crippen LogP contribution is -2.19. The zero-order chi connectivity index (χ0) is 17.8. The Morgan fingerprint density at radius 2 is 2.12 bits per heavy atom. The third kappa shape index (κ3) is 3.63. The van der Waals surface area contributed by atoms with E-state index >= 15 is 0 Å². The monoisotopic (exact) mass is 342 g/mol. The summed E-state index contributed by atoms with van der Waals surface area (Å²) in [5, 5.41) is 2.49. The highest BCUT2D eigenvalue weighted by atomic mass is 16.5. The standard InChI is InChI=1S/C17H18N4O4/c1-3-24-17(22)21-14-8-13-15(16(18)20-14)19-12(9-25-13)10-4-6-11(23-2)7-5-10/h4-8H,3,9H2,1-2H3,(H3,18,20,21,22). The normalized spacial score (nSPS) is 12.5. The van der Waals surface area contributed by atoms with Crippen LogP contribution in [0.5, 0.6) is 11.5 Å². The number of aromatic nitrogens is 1. The highest BCUT2D eigenvalue weighted by molar-refractivity contribution is 6.05. The van der Waals surface area contributed by atoms with Gasteiger partial charge in [-0.3, -0.25) is 5.32 Å². The van der Waals surface area contributed by atoms with Crippen LogP contribution in [0.1, 0.15) is 12.5 Å². The summed E-state index contributed by atoms with van der Waals surface area (Å²) >= 11 is 0. The van der Waals surface area contributed by atoms with Crippen molar-refractivity contribution in [3.8, 4) is 11.5 Å². The van der Waals surface area contributed by atoms with Crippen LogP contribution in [-0.2, 0) is 4.74 Å². The van der Waals surface area contributed by atoms with Crippen LogP contribution in [0.4, 0.5) is 22.1 Å². The molecule has 1 aromatic heterocycles. The van der Waals surface area contributed by atoms with E-state index in [1.54, 1.807) is 20.1 Å². The minimum atomic E-state index is -0.604. The summed E-state index contributed by atoms with van der Waals surface area (Å²) in [7, 11) is 1.61. The molecule has 1 aliphatic rings. The second-order valence-corrected chi connectivity index (χ2v) is 5.16. The summed E-state index contributed by atoms with van der Waals surface area (Å²) in [6.45, 7) is 2.26. The van der Waals surface area contributed by atoms with Crippen molar-refractivity contribution in [1.82, 2.24) is 4.98 Å². The van der Waals surface area contributed by atoms with Crippen molar-refractivity contribution in [3.05, 3.63) is 35.9 Å². The van der Waals surface area contributed by atoms with Gasteiger partial charge in [0.2, 0.25) is 0 Å². The molecule has 1 aromatic carbocycles. The second-order valence-electron chi connectivity index (χ2n) is 5.16. The van der Waals surface area contributed by atoms with Gasteiger partial charge < -0.3 is 19.9 Å². The van der Waals surface area contributed by atoms with Crippen LogP contribution >= 0.6 is 0 Å². The van der Waals surface area contributed by atoms with Gasteiger partial charge in [0.15, 0.2) is 11.6 Å². The topological polar surface area (TPSA) is 108 Å². The largest absolute Gasteiger partial charge is 0.497 e. The van der Waals surface area contributed by atoms with E-state index in [0.29, 0.717) is 11.4 Å². The average Bonchev–Trinajstić information content (AvgIpc) is 2.62. The van der Waals surface area contributed by atoms with E-state index in [2.05, 4.69) is 15.3 Å². The Labute approximate surface area is 144 Å². The number of aliphatic imine (C=N–C) groups is 1. The Morgan fingerprint density at radius 3 is 2.80 bits per heavy atom. The lowest BCUT2D eigenvalue weighted by Gasteiger charge is -2.19. The molecule has 0 radical (unpaired) electrons. The smallest absolute Gasteiger partial charge is 0.412 e. The van der Waals surface area contributed by atoms with Crippen LogP contribution in [0, 0.1) is 0 Å². The number of benzene rings is 1. The molecule has 0 aliphatic carbocycles. The van der Waals surface area contributed by atoms with Crippen molar-refractivity contribution in [2.75, 3.05) is 31.4 Å². The van der Waals surface area contributed by atoms with E-state index in [1.165, 1.54) is 0 Å². The molecule has 1 amide bonds. The van der Waals surface area contributed by atoms with Crippen LogP contribution in [0.2, 0.25) is 0 Å². The summed E-state index contributed by atoms with van der Waals surface area (Å²) in [6, 6.07) is 9.05. The number of pyridine rings is 1. The van der Waals surface area contributed by atoms with Crippen LogP contribution in [0.25, 0.3) is 0 Å². The number of fused-ring (bicyclic) bond motifs is 1. The van der Waals surface area contributed by atoms with Gasteiger partial charge in [-0.2, -0.15) is 0 Å². The van der Waals surface area contributed by atoms with Gasteiger partial charge in [-0.1, -0.05) is 0 Å². The van der Waals surface area contributed by atoms with Crippen molar-refractivity contribution in [1.29, 1.82) is 0 Å². The molecule has 0 saturated carbocycles. The van der Waals surface area contributed by atoms with Gasteiger partial charge in [0.1, 0.15) is 23.9 Å². The molecule has 2 aromatic rings.